The number of allylic oxidation sites excluding steroid dienone is 3. The number of carbonyl (C=O) groups excluding carboxylic acids is 5. The van der Waals surface area contributed by atoms with Gasteiger partial charge in [0.1, 0.15) is 35.9 Å². The van der Waals surface area contributed by atoms with Crippen molar-refractivity contribution in [2.75, 3.05) is 7.11 Å². The maximum atomic E-state index is 15.6. The third kappa shape index (κ3) is 14.0. The van der Waals surface area contributed by atoms with E-state index in [-0.39, 0.29) is 43.1 Å². The summed E-state index contributed by atoms with van der Waals surface area (Å²) in [6, 6.07) is -1.12. The molecule has 0 aromatic heterocycles. The molecule has 6 heterocycles. The third-order valence-electron chi connectivity index (χ3n) is 21.7. The summed E-state index contributed by atoms with van der Waals surface area (Å²) in [6.07, 6.45) is -4.21. The second-order valence-corrected chi connectivity index (χ2v) is 28.2. The molecule has 29 unspecified atom stereocenters. The Balaban J connectivity index is 0.904. The van der Waals surface area contributed by atoms with Gasteiger partial charge in [0.05, 0.1) is 86.6 Å². The van der Waals surface area contributed by atoms with Crippen LogP contribution >= 0.6 is 0 Å². The van der Waals surface area contributed by atoms with Gasteiger partial charge in [0, 0.05) is 68.1 Å². The second kappa shape index (κ2) is 28.2. The Hall–Kier alpha value is -5.07. The van der Waals surface area contributed by atoms with Crippen LogP contribution in [-0.4, -0.2) is 197 Å². The normalized spacial score (nSPS) is 48.2. The summed E-state index contributed by atoms with van der Waals surface area (Å²) >= 11 is 0. The van der Waals surface area contributed by atoms with Crippen LogP contribution in [0.1, 0.15) is 147 Å². The molecule has 6 saturated heterocycles. The molecule has 518 valence electrons. The number of hydrogen-bond donors (Lipinski definition) is 5. The number of fused-ring (bicyclic) bond motifs is 4. The number of aldehydes is 1. The van der Waals surface area contributed by atoms with Crippen molar-refractivity contribution in [3.05, 3.63) is 68.5 Å². The number of amides is 1. The topological polar surface area (TPSA) is 341 Å². The van der Waals surface area contributed by atoms with Crippen LogP contribution in [-0.2, 0) is 80.8 Å². The van der Waals surface area contributed by atoms with Crippen molar-refractivity contribution >= 4 is 30.1 Å². The summed E-state index contributed by atoms with van der Waals surface area (Å²) in [5, 5.41) is 62.0. The van der Waals surface area contributed by atoms with Crippen molar-refractivity contribution in [2.24, 2.45) is 40.9 Å². The summed E-state index contributed by atoms with van der Waals surface area (Å²) in [5.74, 6) is -6.46. The molecule has 93 heavy (non-hydrogen) atoms. The monoisotopic (exact) mass is 1310 g/mol. The molecular weight excluding hydrogens is 1220 g/mol. The molecule has 2 bridgehead atoms. The number of esters is 2. The lowest BCUT2D eigenvalue weighted by Gasteiger charge is -2.56. The van der Waals surface area contributed by atoms with Crippen LogP contribution in [0.2, 0.25) is 0 Å². The number of aliphatic hydroxyl groups excluding tert-OH is 4. The van der Waals surface area contributed by atoms with Crippen molar-refractivity contribution in [3.63, 3.8) is 0 Å². The van der Waals surface area contributed by atoms with E-state index in [9.17, 15) is 49.7 Å². The van der Waals surface area contributed by atoms with Crippen LogP contribution in [0.25, 0.3) is 0 Å². The van der Waals surface area contributed by atoms with Gasteiger partial charge in [0.25, 0.3) is 0 Å². The van der Waals surface area contributed by atoms with Crippen molar-refractivity contribution < 1.29 is 111 Å². The van der Waals surface area contributed by atoms with E-state index in [1.54, 1.807) is 33.8 Å². The Morgan fingerprint density at radius 3 is 2.01 bits per heavy atom. The van der Waals surface area contributed by atoms with Crippen LogP contribution < -0.4 is 5.32 Å². The number of Topliss-reactive ketones (excluding diaryl/α,β-unsaturated/α-hetero) is 1. The Labute approximate surface area is 542 Å². The number of ketones is 1. The van der Waals surface area contributed by atoms with Crippen LogP contribution in [0.4, 0.5) is 4.79 Å². The first-order valence-electron chi connectivity index (χ1n) is 33.1. The quantitative estimate of drug-likeness (QED) is 0.0240. The van der Waals surface area contributed by atoms with Gasteiger partial charge in [-0.15, -0.1) is 0 Å². The van der Waals surface area contributed by atoms with Crippen molar-refractivity contribution in [3.8, 4) is 0 Å². The minimum absolute atomic E-state index is 0.00196. The third-order valence-corrected chi connectivity index (χ3v) is 21.7. The standard InChI is InChI=1S/C67H96N2O24/c1-30-14-18-47(88-54-28-65(11,69(79)80)60(38(9)86-54)68-64(78)81-13)31(2)23-43-45(73)24-40(29-70)27-67(43)62(76)55(63(77)93-67)61(75)66(12)42(30)16-15-41-56(66)32(3)22-33(4)57(41)92-53-26-49(59(37(8)85-53)87-39(10)71)90-50-21-19-48(35(6)83-50)89-52-25-46(74)58(36(7)84-52)91-51-20-17-44(72)34(5)82-51/h14-16,23-24,29,32-38,41-54,56-60,72-75H,17-22,25-28H2,1-13H3,(H,68,78)/b30-14-,31-23-,61-55-. The second-order valence-electron chi connectivity index (χ2n) is 28.2. The molecule has 10 aliphatic rings. The molecule has 6 aliphatic heterocycles. The van der Waals surface area contributed by atoms with Gasteiger partial charge >= 0.3 is 18.0 Å². The van der Waals surface area contributed by atoms with Gasteiger partial charge in [0.2, 0.25) is 11.3 Å². The lowest BCUT2D eigenvalue weighted by Crippen LogP contribution is -2.65. The van der Waals surface area contributed by atoms with Gasteiger partial charge in [-0.1, -0.05) is 50.6 Å². The number of carbonyl (C=O) groups is 5. The Morgan fingerprint density at radius 1 is 0.720 bits per heavy atom. The molecule has 1 spiro atoms. The molecule has 5 N–H and O–H groups in total. The maximum Gasteiger partial charge on any atom is 0.407 e. The minimum Gasteiger partial charge on any atom is -0.511 e. The number of nitro groups is 1. The predicted octanol–water partition coefficient (Wildman–Crippen LogP) is 6.36. The number of methoxy groups -OCH3 is 1. The molecule has 26 nitrogen and oxygen atoms in total. The summed E-state index contributed by atoms with van der Waals surface area (Å²) in [7, 11) is 1.15. The first-order valence-corrected chi connectivity index (χ1v) is 33.1. The lowest BCUT2D eigenvalue weighted by molar-refractivity contribution is -0.584. The van der Waals surface area contributed by atoms with Gasteiger partial charge in [-0.25, -0.2) is 9.59 Å². The zero-order valence-corrected chi connectivity index (χ0v) is 55.4. The van der Waals surface area contributed by atoms with Gasteiger partial charge < -0.3 is 87.3 Å². The van der Waals surface area contributed by atoms with Crippen LogP contribution in [0.3, 0.4) is 0 Å². The minimum atomic E-state index is -2.20. The molecule has 7 fully saturated rings. The molecule has 0 radical (unpaired) electrons. The highest BCUT2D eigenvalue weighted by atomic mass is 16.8. The fourth-order valence-corrected chi connectivity index (χ4v) is 16.9. The number of nitrogens with zero attached hydrogens (tertiary/aromatic N) is 1. The zero-order chi connectivity index (χ0) is 67.5. The number of hydrogen-bond acceptors (Lipinski definition) is 24. The van der Waals surface area contributed by atoms with E-state index in [1.165, 1.54) is 19.9 Å². The molecule has 10 rings (SSSR count). The average Bonchev–Trinajstić information content (AvgIpc) is 1.68. The first kappa shape index (κ1) is 70.7. The fraction of sp³-hybridized carbons (Fsp3) is 0.776. The fourth-order valence-electron chi connectivity index (χ4n) is 16.9. The van der Waals surface area contributed by atoms with E-state index in [2.05, 4.69) is 25.2 Å². The van der Waals surface area contributed by atoms with E-state index in [1.807, 2.05) is 39.8 Å². The molecule has 1 saturated carbocycles. The van der Waals surface area contributed by atoms with Gasteiger partial charge in [0.15, 0.2) is 43.2 Å². The number of rotatable bonds is 14. The number of ether oxygens (including phenoxy) is 13. The van der Waals surface area contributed by atoms with Crippen LogP contribution in [0.5, 0.6) is 0 Å². The summed E-state index contributed by atoms with van der Waals surface area (Å²) in [6.45, 7) is 21.0. The summed E-state index contributed by atoms with van der Waals surface area (Å²) in [5.41, 5.74) is -4.91. The molecule has 0 aromatic carbocycles. The summed E-state index contributed by atoms with van der Waals surface area (Å²) < 4.78 is 81.5. The van der Waals surface area contributed by atoms with E-state index in [4.69, 9.17) is 61.6 Å². The van der Waals surface area contributed by atoms with E-state index in [0.29, 0.717) is 49.5 Å². The Morgan fingerprint density at radius 2 is 1.35 bits per heavy atom. The first-order chi connectivity index (χ1) is 43.9. The Bertz CT molecular complexity index is 2960. The van der Waals surface area contributed by atoms with Gasteiger partial charge in [-0.05, 0) is 109 Å². The van der Waals surface area contributed by atoms with Crippen LogP contribution in [0, 0.1) is 51.0 Å². The smallest absolute Gasteiger partial charge is 0.407 e. The van der Waals surface area contributed by atoms with Gasteiger partial charge in [-0.2, -0.15) is 0 Å². The van der Waals surface area contributed by atoms with E-state index in [0.717, 1.165) is 7.11 Å². The van der Waals surface area contributed by atoms with Crippen molar-refractivity contribution in [2.45, 2.75) is 281 Å². The highest BCUT2D eigenvalue weighted by Gasteiger charge is 2.65. The van der Waals surface area contributed by atoms with Gasteiger partial charge in [-0.3, -0.25) is 24.5 Å². The number of alkyl carbamates (subject to hydrolysis) is 1. The molecule has 29 atom stereocenters. The zero-order valence-electron chi connectivity index (χ0n) is 55.4. The predicted molar refractivity (Wildman–Crippen MR) is 325 cm³/mol. The lowest BCUT2D eigenvalue weighted by atomic mass is 9.49. The van der Waals surface area contributed by atoms with E-state index < -0.39 is 210 Å². The number of nitrogens with one attached hydrogen (secondary N) is 1. The van der Waals surface area contributed by atoms with E-state index >= 15 is 4.79 Å². The Kier molecular flexibility index (Phi) is 21.4. The highest BCUT2D eigenvalue weighted by molar-refractivity contribution is 6.26. The molecule has 26 heteroatoms. The SMILES string of the molecule is COC(=O)NC1C(C)OC(OC2C/C=C(/C)C3C=CC4C(OC5CC(OC6CCC(OC7CC(O)C(OC8CCC(O)C(C)O8)C(C)O7)C(C)O6)C(OC(C)=O)C(C)O5)C(C)CC(C)C4C3(C)/C(O)=C3/C(=O)OC4(CC(C=O)=CC(O)C4/C=C\2C)C3=O)CC1(C)[N+](=O)[O-]. The van der Waals surface area contributed by atoms with Crippen molar-refractivity contribution in [1.82, 2.24) is 5.32 Å². The summed E-state index contributed by atoms with van der Waals surface area (Å²) in [4.78, 5) is 80.4. The highest BCUT2D eigenvalue weighted by Crippen LogP contribution is 2.61. The maximum absolute atomic E-state index is 15.6. The molecule has 0 aromatic rings. The molecular formula is C67H96N2O24. The molecule has 4 aliphatic carbocycles. The largest absolute Gasteiger partial charge is 0.511 e. The van der Waals surface area contributed by atoms with Crippen LogP contribution in [0.15, 0.2) is 58.4 Å². The van der Waals surface area contributed by atoms with Crippen molar-refractivity contribution in [1.29, 1.82) is 0 Å². The molecule has 1 amide bonds. The average molecular weight is 1310 g/mol. The number of aliphatic hydroxyl groups is 4.